The van der Waals surface area contributed by atoms with Crippen LogP contribution < -0.4 is 9.47 Å². The van der Waals surface area contributed by atoms with E-state index in [9.17, 15) is 5.11 Å². The lowest BCUT2D eigenvalue weighted by Gasteiger charge is -2.08. The summed E-state index contributed by atoms with van der Waals surface area (Å²) in [4.78, 5) is 0. The zero-order chi connectivity index (χ0) is 9.26. The zero-order valence-corrected chi connectivity index (χ0v) is 7.54. The second kappa shape index (κ2) is 3.17. The number of aryl methyl sites for hydroxylation is 1. The van der Waals surface area contributed by atoms with Crippen LogP contribution in [-0.2, 0) is 0 Å². The van der Waals surface area contributed by atoms with E-state index in [4.69, 9.17) is 9.47 Å². The Bertz CT molecular complexity index is 289. The van der Waals surface area contributed by atoms with Gasteiger partial charge in [-0.3, -0.25) is 0 Å². The largest absolute Gasteiger partial charge is 0.508 e. The first kappa shape index (κ1) is 8.23. The summed E-state index contributed by atoms with van der Waals surface area (Å²) in [6.07, 6.45) is 0.883. The average Bonchev–Trinajstić information content (AvgIpc) is 2.31. The van der Waals surface area contributed by atoms with Crippen LogP contribution in [0.5, 0.6) is 17.2 Å². The highest BCUT2D eigenvalue weighted by atomic mass is 16.5. The van der Waals surface area contributed by atoms with Crippen LogP contribution >= 0.6 is 0 Å². The van der Waals surface area contributed by atoms with E-state index in [1.54, 1.807) is 12.1 Å². The van der Waals surface area contributed by atoms with Crippen molar-refractivity contribution >= 4 is 0 Å². The number of phenolic OH excluding ortho intramolecular Hbond substituents is 1. The van der Waals surface area contributed by atoms with Crippen LogP contribution in [0.2, 0.25) is 0 Å². The van der Waals surface area contributed by atoms with Gasteiger partial charge in [-0.15, -0.1) is 0 Å². The first-order valence-corrected chi connectivity index (χ1v) is 4.36. The van der Waals surface area contributed by atoms with Gasteiger partial charge < -0.3 is 14.6 Å². The minimum atomic E-state index is 0.254. The molecular formula is C10H12O3. The van der Waals surface area contributed by atoms with Crippen molar-refractivity contribution < 1.29 is 14.6 Å². The Hall–Kier alpha value is -1.38. The minimum absolute atomic E-state index is 0.254. The van der Waals surface area contributed by atoms with Gasteiger partial charge in [0.25, 0.3) is 0 Å². The first-order valence-electron chi connectivity index (χ1n) is 4.36. The van der Waals surface area contributed by atoms with E-state index in [2.05, 4.69) is 0 Å². The molecule has 3 heteroatoms. The molecule has 3 nitrogen and oxygen atoms in total. The van der Waals surface area contributed by atoms with Crippen molar-refractivity contribution in [3.63, 3.8) is 0 Å². The minimum Gasteiger partial charge on any atom is -0.508 e. The molecule has 0 aliphatic carbocycles. The van der Waals surface area contributed by atoms with E-state index in [1.807, 2.05) is 6.92 Å². The first-order chi connectivity index (χ1) is 6.27. The number of rotatable bonds is 0. The van der Waals surface area contributed by atoms with Crippen molar-refractivity contribution in [1.82, 2.24) is 0 Å². The van der Waals surface area contributed by atoms with E-state index >= 15 is 0 Å². The third-order valence-electron chi connectivity index (χ3n) is 2.07. The van der Waals surface area contributed by atoms with E-state index in [1.165, 1.54) is 0 Å². The molecule has 1 aromatic carbocycles. The fourth-order valence-corrected chi connectivity index (χ4v) is 1.30. The normalized spacial score (nSPS) is 15.2. The third-order valence-corrected chi connectivity index (χ3v) is 2.07. The highest BCUT2D eigenvalue weighted by Gasteiger charge is 2.12. The van der Waals surface area contributed by atoms with Gasteiger partial charge in [0, 0.05) is 12.5 Å². The van der Waals surface area contributed by atoms with Gasteiger partial charge in [-0.2, -0.15) is 0 Å². The van der Waals surface area contributed by atoms with Crippen molar-refractivity contribution in [3.8, 4) is 17.2 Å². The fraction of sp³-hybridized carbons (Fsp3) is 0.400. The van der Waals surface area contributed by atoms with Crippen molar-refractivity contribution in [2.45, 2.75) is 13.3 Å². The Morgan fingerprint density at radius 3 is 2.46 bits per heavy atom. The molecule has 0 saturated carbocycles. The van der Waals surface area contributed by atoms with Crippen LogP contribution in [0, 0.1) is 6.92 Å². The van der Waals surface area contributed by atoms with Gasteiger partial charge in [-0.1, -0.05) is 0 Å². The molecular weight excluding hydrogens is 168 g/mol. The summed E-state index contributed by atoms with van der Waals surface area (Å²) < 4.78 is 10.8. The highest BCUT2D eigenvalue weighted by molar-refractivity contribution is 5.49. The molecule has 0 amide bonds. The molecule has 0 spiro atoms. The molecule has 0 fully saturated rings. The second-order valence-corrected chi connectivity index (χ2v) is 3.14. The molecule has 0 bridgehead atoms. The molecule has 1 heterocycles. The number of benzene rings is 1. The summed E-state index contributed by atoms with van der Waals surface area (Å²) in [6, 6.07) is 3.41. The van der Waals surface area contributed by atoms with Gasteiger partial charge in [0.1, 0.15) is 5.75 Å². The molecule has 70 valence electrons. The smallest absolute Gasteiger partial charge is 0.164 e. The summed E-state index contributed by atoms with van der Waals surface area (Å²) in [5.41, 5.74) is 0.809. The molecule has 2 rings (SSSR count). The number of hydrogen-bond donors (Lipinski definition) is 1. The Labute approximate surface area is 76.9 Å². The van der Waals surface area contributed by atoms with Crippen molar-refractivity contribution in [2.75, 3.05) is 13.2 Å². The molecule has 1 aliphatic rings. The molecule has 1 N–H and O–H groups in total. The summed E-state index contributed by atoms with van der Waals surface area (Å²) in [7, 11) is 0. The van der Waals surface area contributed by atoms with Gasteiger partial charge in [0.2, 0.25) is 0 Å². The number of hydrogen-bond acceptors (Lipinski definition) is 3. The molecule has 13 heavy (non-hydrogen) atoms. The molecule has 0 radical (unpaired) electrons. The number of aromatic hydroxyl groups is 1. The maximum atomic E-state index is 9.43. The maximum absolute atomic E-state index is 9.43. The Balaban J connectivity index is 2.43. The van der Waals surface area contributed by atoms with E-state index < -0.39 is 0 Å². The van der Waals surface area contributed by atoms with Gasteiger partial charge in [-0.05, 0) is 18.6 Å². The monoisotopic (exact) mass is 180 g/mol. The molecule has 0 saturated heterocycles. The highest BCUT2D eigenvalue weighted by Crippen LogP contribution is 2.35. The predicted molar refractivity (Wildman–Crippen MR) is 48.5 cm³/mol. The standard InChI is InChI=1S/C10H12O3/c1-7-5-9-10(6-8(7)11)13-4-2-3-12-9/h5-6,11H,2-4H2,1H3. The van der Waals surface area contributed by atoms with Crippen molar-refractivity contribution in [2.24, 2.45) is 0 Å². The molecule has 0 atom stereocenters. The van der Waals surface area contributed by atoms with E-state index in [0.717, 1.165) is 17.7 Å². The lowest BCUT2D eigenvalue weighted by molar-refractivity contribution is 0.296. The summed E-state index contributed by atoms with van der Waals surface area (Å²) in [6.45, 7) is 3.16. The van der Waals surface area contributed by atoms with E-state index in [0.29, 0.717) is 19.0 Å². The Morgan fingerprint density at radius 2 is 1.77 bits per heavy atom. The summed E-state index contributed by atoms with van der Waals surface area (Å²) in [5, 5.41) is 9.43. The van der Waals surface area contributed by atoms with Crippen LogP contribution in [0.1, 0.15) is 12.0 Å². The topological polar surface area (TPSA) is 38.7 Å². The number of phenols is 1. The van der Waals surface area contributed by atoms with Gasteiger partial charge in [0.15, 0.2) is 11.5 Å². The lowest BCUT2D eigenvalue weighted by Crippen LogP contribution is -1.97. The summed E-state index contributed by atoms with van der Waals surface area (Å²) in [5.74, 6) is 1.62. The average molecular weight is 180 g/mol. The predicted octanol–water partition coefficient (Wildman–Crippen LogP) is 1.86. The molecule has 0 aromatic heterocycles. The Kier molecular flexibility index (Phi) is 2.00. The zero-order valence-electron chi connectivity index (χ0n) is 7.54. The van der Waals surface area contributed by atoms with Crippen LogP contribution in [0.15, 0.2) is 12.1 Å². The second-order valence-electron chi connectivity index (χ2n) is 3.14. The lowest BCUT2D eigenvalue weighted by atomic mass is 10.2. The van der Waals surface area contributed by atoms with E-state index in [-0.39, 0.29) is 5.75 Å². The van der Waals surface area contributed by atoms with Gasteiger partial charge in [-0.25, -0.2) is 0 Å². The SMILES string of the molecule is Cc1cc2c(cc1O)OCCCO2. The molecule has 0 unspecified atom stereocenters. The van der Waals surface area contributed by atoms with Crippen molar-refractivity contribution in [3.05, 3.63) is 17.7 Å². The van der Waals surface area contributed by atoms with Crippen LogP contribution in [0.25, 0.3) is 0 Å². The Morgan fingerprint density at radius 1 is 1.15 bits per heavy atom. The van der Waals surface area contributed by atoms with Gasteiger partial charge in [0.05, 0.1) is 13.2 Å². The molecule has 1 aliphatic heterocycles. The third kappa shape index (κ3) is 1.54. The maximum Gasteiger partial charge on any atom is 0.164 e. The van der Waals surface area contributed by atoms with Crippen LogP contribution in [0.3, 0.4) is 0 Å². The van der Waals surface area contributed by atoms with Crippen molar-refractivity contribution in [1.29, 1.82) is 0 Å². The number of ether oxygens (including phenoxy) is 2. The van der Waals surface area contributed by atoms with Gasteiger partial charge >= 0.3 is 0 Å². The van der Waals surface area contributed by atoms with Crippen LogP contribution in [-0.4, -0.2) is 18.3 Å². The quantitative estimate of drug-likeness (QED) is 0.662. The summed E-state index contributed by atoms with van der Waals surface area (Å²) >= 11 is 0. The van der Waals surface area contributed by atoms with Crippen LogP contribution in [0.4, 0.5) is 0 Å². The fourth-order valence-electron chi connectivity index (χ4n) is 1.30. The number of fused-ring (bicyclic) bond motifs is 1. The molecule has 1 aromatic rings.